The molecule has 3 nitrogen and oxygen atoms in total. The largest absolute Gasteiger partial charge is 0.398 e. The van der Waals surface area contributed by atoms with Crippen molar-refractivity contribution >= 4 is 29.7 Å². The summed E-state index contributed by atoms with van der Waals surface area (Å²) in [6, 6.07) is 6.43. The zero-order valence-corrected chi connectivity index (χ0v) is 13.1. The van der Waals surface area contributed by atoms with Gasteiger partial charge in [0.05, 0.1) is 0 Å². The van der Waals surface area contributed by atoms with E-state index in [0.29, 0.717) is 0 Å². The average Bonchev–Trinajstić information content (AvgIpc) is 3.01. The van der Waals surface area contributed by atoms with Crippen molar-refractivity contribution in [1.29, 1.82) is 0 Å². The van der Waals surface area contributed by atoms with Crippen molar-refractivity contribution in [2.24, 2.45) is 5.73 Å². The first-order chi connectivity index (χ1) is 9.76. The van der Waals surface area contributed by atoms with Crippen molar-refractivity contribution < 1.29 is 0 Å². The van der Waals surface area contributed by atoms with Gasteiger partial charge in [-0.3, -0.25) is 0 Å². The third kappa shape index (κ3) is 3.63. The SMILES string of the molecule is CCCCNc1ccc(/C(N)=C/S)c(N2CCCC2)c1. The van der Waals surface area contributed by atoms with E-state index < -0.39 is 0 Å². The second-order valence-electron chi connectivity index (χ2n) is 5.29. The first-order valence-electron chi connectivity index (χ1n) is 7.49. The number of anilines is 2. The lowest BCUT2D eigenvalue weighted by molar-refractivity contribution is 0.834. The van der Waals surface area contributed by atoms with Crippen LogP contribution >= 0.6 is 12.6 Å². The molecule has 1 aromatic rings. The molecule has 0 atom stereocenters. The predicted molar refractivity (Wildman–Crippen MR) is 92.4 cm³/mol. The summed E-state index contributed by atoms with van der Waals surface area (Å²) in [5.41, 5.74) is 10.3. The van der Waals surface area contributed by atoms with E-state index in [1.54, 1.807) is 5.41 Å². The van der Waals surface area contributed by atoms with E-state index in [-0.39, 0.29) is 0 Å². The van der Waals surface area contributed by atoms with E-state index >= 15 is 0 Å². The smallest absolute Gasteiger partial charge is 0.0481 e. The van der Waals surface area contributed by atoms with Crippen molar-refractivity contribution in [1.82, 2.24) is 0 Å². The lowest BCUT2D eigenvalue weighted by Gasteiger charge is -2.23. The Morgan fingerprint density at radius 2 is 2.15 bits per heavy atom. The summed E-state index contributed by atoms with van der Waals surface area (Å²) in [6.45, 7) is 5.46. The normalized spacial score (nSPS) is 15.7. The van der Waals surface area contributed by atoms with E-state index in [4.69, 9.17) is 5.73 Å². The topological polar surface area (TPSA) is 41.3 Å². The minimum atomic E-state index is 0.732. The number of thiol groups is 1. The van der Waals surface area contributed by atoms with Gasteiger partial charge in [0.15, 0.2) is 0 Å². The van der Waals surface area contributed by atoms with Crippen molar-refractivity contribution in [3.63, 3.8) is 0 Å². The molecule has 0 saturated carbocycles. The Kier molecular flexibility index (Phi) is 5.65. The molecule has 1 saturated heterocycles. The van der Waals surface area contributed by atoms with Crippen molar-refractivity contribution in [3.05, 3.63) is 29.2 Å². The number of hydrogen-bond acceptors (Lipinski definition) is 4. The molecule has 1 fully saturated rings. The van der Waals surface area contributed by atoms with Crippen molar-refractivity contribution in [3.8, 4) is 0 Å². The number of nitrogens with two attached hydrogens (primary N) is 1. The van der Waals surface area contributed by atoms with Crippen LogP contribution < -0.4 is 16.0 Å². The number of hydrogen-bond donors (Lipinski definition) is 3. The summed E-state index contributed by atoms with van der Waals surface area (Å²) in [5.74, 6) is 0. The Hall–Kier alpha value is -1.29. The van der Waals surface area contributed by atoms with Gasteiger partial charge in [-0.25, -0.2) is 0 Å². The Bertz CT molecular complexity index is 465. The molecule has 4 heteroatoms. The second-order valence-corrected chi connectivity index (χ2v) is 5.55. The fourth-order valence-electron chi connectivity index (χ4n) is 2.58. The molecular formula is C16H25N3S. The number of unbranched alkanes of at least 4 members (excludes halogenated alkanes) is 1. The maximum Gasteiger partial charge on any atom is 0.0481 e. The maximum absolute atomic E-state index is 6.07. The van der Waals surface area contributed by atoms with Crippen LogP contribution in [0.5, 0.6) is 0 Å². The summed E-state index contributed by atoms with van der Waals surface area (Å²) in [5, 5.41) is 5.17. The molecule has 0 amide bonds. The fraction of sp³-hybridized carbons (Fsp3) is 0.500. The quantitative estimate of drug-likeness (QED) is 0.553. The highest BCUT2D eigenvalue weighted by Crippen LogP contribution is 2.31. The molecule has 1 aliphatic rings. The van der Waals surface area contributed by atoms with Crippen LogP contribution in [0.3, 0.4) is 0 Å². The molecule has 0 bridgehead atoms. The van der Waals surface area contributed by atoms with Gasteiger partial charge in [-0.05, 0) is 42.9 Å². The van der Waals surface area contributed by atoms with Gasteiger partial charge in [0.25, 0.3) is 0 Å². The molecule has 110 valence electrons. The van der Waals surface area contributed by atoms with Crippen LogP contribution in [0.15, 0.2) is 23.6 Å². The third-order valence-corrected chi connectivity index (χ3v) is 4.03. The van der Waals surface area contributed by atoms with E-state index in [0.717, 1.165) is 30.9 Å². The van der Waals surface area contributed by atoms with Crippen LogP contribution in [0.25, 0.3) is 5.70 Å². The van der Waals surface area contributed by atoms with Crippen LogP contribution in [-0.4, -0.2) is 19.6 Å². The monoisotopic (exact) mass is 291 g/mol. The molecule has 3 N–H and O–H groups in total. The molecule has 0 aliphatic carbocycles. The van der Waals surface area contributed by atoms with Gasteiger partial charge in [0.1, 0.15) is 0 Å². The van der Waals surface area contributed by atoms with Crippen LogP contribution in [0.1, 0.15) is 38.2 Å². The number of nitrogens with one attached hydrogen (secondary N) is 1. The predicted octanol–water partition coefficient (Wildman–Crippen LogP) is 3.69. The van der Waals surface area contributed by atoms with Crippen LogP contribution in [-0.2, 0) is 0 Å². The highest BCUT2D eigenvalue weighted by molar-refractivity contribution is 7.83. The van der Waals surface area contributed by atoms with Crippen molar-refractivity contribution in [2.45, 2.75) is 32.6 Å². The first kappa shape index (κ1) is 15.1. The van der Waals surface area contributed by atoms with E-state index in [1.807, 2.05) is 0 Å². The van der Waals surface area contributed by atoms with Gasteiger partial charge in [-0.1, -0.05) is 13.3 Å². The molecular weight excluding hydrogens is 266 g/mol. The van der Waals surface area contributed by atoms with Gasteiger partial charge in [-0.2, -0.15) is 0 Å². The number of nitrogens with zero attached hydrogens (tertiary/aromatic N) is 1. The number of benzene rings is 1. The highest BCUT2D eigenvalue weighted by Gasteiger charge is 2.17. The third-order valence-electron chi connectivity index (χ3n) is 3.75. The molecule has 1 heterocycles. The second kappa shape index (κ2) is 7.48. The fourth-order valence-corrected chi connectivity index (χ4v) is 2.72. The molecule has 0 aromatic heterocycles. The molecule has 2 rings (SSSR count). The number of rotatable bonds is 6. The summed E-state index contributed by atoms with van der Waals surface area (Å²) < 4.78 is 0. The maximum atomic E-state index is 6.07. The first-order valence-corrected chi connectivity index (χ1v) is 8.01. The molecule has 1 aliphatic heterocycles. The highest BCUT2D eigenvalue weighted by atomic mass is 32.1. The van der Waals surface area contributed by atoms with E-state index in [1.165, 1.54) is 37.1 Å². The van der Waals surface area contributed by atoms with Gasteiger partial charge in [0, 0.05) is 42.3 Å². The Morgan fingerprint density at radius 1 is 1.40 bits per heavy atom. The van der Waals surface area contributed by atoms with Gasteiger partial charge in [0.2, 0.25) is 0 Å². The Balaban J connectivity index is 2.24. The minimum absolute atomic E-state index is 0.732. The van der Waals surface area contributed by atoms with Crippen LogP contribution in [0.2, 0.25) is 0 Å². The zero-order valence-electron chi connectivity index (χ0n) is 12.2. The van der Waals surface area contributed by atoms with Gasteiger partial charge >= 0.3 is 0 Å². The molecule has 0 radical (unpaired) electrons. The Labute approximate surface area is 127 Å². The lowest BCUT2D eigenvalue weighted by Crippen LogP contribution is -2.20. The molecule has 0 unspecified atom stereocenters. The molecule has 20 heavy (non-hydrogen) atoms. The summed E-state index contributed by atoms with van der Waals surface area (Å²) in [6.07, 6.45) is 4.92. The molecule has 1 aromatic carbocycles. The minimum Gasteiger partial charge on any atom is -0.398 e. The van der Waals surface area contributed by atoms with Gasteiger partial charge in [-0.15, -0.1) is 12.6 Å². The zero-order chi connectivity index (χ0) is 14.4. The van der Waals surface area contributed by atoms with Crippen LogP contribution in [0, 0.1) is 0 Å². The van der Waals surface area contributed by atoms with Crippen LogP contribution in [0.4, 0.5) is 11.4 Å². The van der Waals surface area contributed by atoms with Gasteiger partial charge < -0.3 is 16.0 Å². The van der Waals surface area contributed by atoms with E-state index in [2.05, 4.69) is 48.0 Å². The summed E-state index contributed by atoms with van der Waals surface area (Å²) >= 11 is 4.19. The standard InChI is InChI=1S/C16H25N3S/c1-2-3-8-18-13-6-7-14(15(17)12-20)16(11-13)19-9-4-5-10-19/h6-7,11-12,18,20H,2-5,8-10,17H2,1H3/b15-12-. The van der Waals surface area contributed by atoms with Crippen molar-refractivity contribution in [2.75, 3.05) is 29.9 Å². The Morgan fingerprint density at radius 3 is 2.80 bits per heavy atom. The lowest BCUT2D eigenvalue weighted by atomic mass is 10.1. The summed E-state index contributed by atoms with van der Waals surface area (Å²) in [7, 11) is 0. The van der Waals surface area contributed by atoms with E-state index in [9.17, 15) is 0 Å². The summed E-state index contributed by atoms with van der Waals surface area (Å²) in [4.78, 5) is 2.42. The molecule has 0 spiro atoms. The average molecular weight is 291 g/mol.